The van der Waals surface area contributed by atoms with Gasteiger partial charge in [0.2, 0.25) is 0 Å². The molecule has 1 aromatic carbocycles. The number of carbonyl (C=O) groups is 1. The van der Waals surface area contributed by atoms with E-state index in [1.807, 2.05) is 5.32 Å². The van der Waals surface area contributed by atoms with Gasteiger partial charge in [-0.3, -0.25) is 4.79 Å². The number of anilines is 1. The highest BCUT2D eigenvalue weighted by Crippen LogP contribution is 2.23. The molecule has 0 spiro atoms. The Labute approximate surface area is 146 Å². The van der Waals surface area contributed by atoms with Crippen molar-refractivity contribution in [2.75, 3.05) is 31.6 Å². The highest BCUT2D eigenvalue weighted by atomic mass is 19.4. The molecular weight excluding hydrogens is 333 g/mol. The van der Waals surface area contributed by atoms with Crippen molar-refractivity contribution in [1.82, 2.24) is 5.32 Å². The number of ether oxygens (including phenoxy) is 1. The average Bonchev–Trinajstić information content (AvgIpc) is 2.58. The molecule has 1 atom stereocenters. The third-order valence-corrected chi connectivity index (χ3v) is 4.33. The van der Waals surface area contributed by atoms with Crippen LogP contribution in [-0.4, -0.2) is 38.4 Å². The van der Waals surface area contributed by atoms with E-state index in [4.69, 9.17) is 4.74 Å². The summed E-state index contributed by atoms with van der Waals surface area (Å²) >= 11 is 0. The van der Waals surface area contributed by atoms with Crippen LogP contribution in [0, 0.1) is 11.8 Å². The van der Waals surface area contributed by atoms with Gasteiger partial charge in [-0.15, -0.1) is 0 Å². The van der Waals surface area contributed by atoms with Gasteiger partial charge in [0.25, 0.3) is 5.91 Å². The van der Waals surface area contributed by atoms with Crippen LogP contribution < -0.4 is 10.6 Å². The SMILES string of the molecule is CC(CNc1ccc(C(=O)NCC(F)(F)F)cc1)CC1CCOCC1. The van der Waals surface area contributed by atoms with Gasteiger partial charge in [0.05, 0.1) is 0 Å². The number of rotatable bonds is 7. The van der Waals surface area contributed by atoms with E-state index in [1.165, 1.54) is 12.1 Å². The Morgan fingerprint density at radius 1 is 1.24 bits per heavy atom. The van der Waals surface area contributed by atoms with Crippen LogP contribution in [0.1, 0.15) is 36.5 Å². The number of benzene rings is 1. The molecule has 1 aliphatic rings. The Bertz CT molecular complexity index is 540. The van der Waals surface area contributed by atoms with E-state index in [9.17, 15) is 18.0 Å². The minimum Gasteiger partial charge on any atom is -0.385 e. The lowest BCUT2D eigenvalue weighted by Gasteiger charge is -2.25. The summed E-state index contributed by atoms with van der Waals surface area (Å²) in [5.74, 6) is 0.500. The zero-order chi connectivity index (χ0) is 18.3. The molecule has 0 bridgehead atoms. The maximum absolute atomic E-state index is 12.1. The fourth-order valence-electron chi connectivity index (χ4n) is 2.95. The molecule has 1 heterocycles. The van der Waals surface area contributed by atoms with Crippen LogP contribution in [0.4, 0.5) is 18.9 Å². The smallest absolute Gasteiger partial charge is 0.385 e. The van der Waals surface area contributed by atoms with Crippen LogP contribution in [0.5, 0.6) is 0 Å². The molecule has 0 aromatic heterocycles. The van der Waals surface area contributed by atoms with Gasteiger partial charge in [-0.25, -0.2) is 0 Å². The van der Waals surface area contributed by atoms with Crippen LogP contribution in [-0.2, 0) is 4.74 Å². The lowest BCUT2D eigenvalue weighted by molar-refractivity contribution is -0.123. The fraction of sp³-hybridized carbons (Fsp3) is 0.611. The quantitative estimate of drug-likeness (QED) is 0.779. The summed E-state index contributed by atoms with van der Waals surface area (Å²) in [5, 5.41) is 5.17. The molecule has 1 aromatic rings. The Kier molecular flexibility index (Phi) is 7.11. The molecule has 2 N–H and O–H groups in total. The predicted molar refractivity (Wildman–Crippen MR) is 90.6 cm³/mol. The lowest BCUT2D eigenvalue weighted by Crippen LogP contribution is -2.33. The minimum absolute atomic E-state index is 0.213. The van der Waals surface area contributed by atoms with Gasteiger partial charge >= 0.3 is 6.18 Å². The van der Waals surface area contributed by atoms with Crippen molar-refractivity contribution in [2.45, 2.75) is 32.4 Å². The van der Waals surface area contributed by atoms with Crippen molar-refractivity contribution in [3.05, 3.63) is 29.8 Å². The summed E-state index contributed by atoms with van der Waals surface area (Å²) in [4.78, 5) is 11.6. The van der Waals surface area contributed by atoms with Crippen molar-refractivity contribution >= 4 is 11.6 Å². The summed E-state index contributed by atoms with van der Waals surface area (Å²) in [6.45, 7) is 3.39. The first-order valence-electron chi connectivity index (χ1n) is 8.60. The predicted octanol–water partition coefficient (Wildman–Crippen LogP) is 3.84. The van der Waals surface area contributed by atoms with E-state index in [1.54, 1.807) is 12.1 Å². The molecule has 1 unspecified atom stereocenters. The summed E-state index contributed by atoms with van der Waals surface area (Å²) in [6, 6.07) is 6.47. The van der Waals surface area contributed by atoms with Gasteiger partial charge in [0.1, 0.15) is 6.54 Å². The van der Waals surface area contributed by atoms with Gasteiger partial charge < -0.3 is 15.4 Å². The molecule has 1 aliphatic heterocycles. The number of amides is 1. The maximum Gasteiger partial charge on any atom is 0.405 e. The molecule has 4 nitrogen and oxygen atoms in total. The Morgan fingerprint density at radius 2 is 1.88 bits per heavy atom. The van der Waals surface area contributed by atoms with Crippen LogP contribution in [0.2, 0.25) is 0 Å². The van der Waals surface area contributed by atoms with Crippen LogP contribution in [0.15, 0.2) is 24.3 Å². The molecule has 0 saturated carbocycles. The third kappa shape index (κ3) is 7.34. The maximum atomic E-state index is 12.1. The lowest BCUT2D eigenvalue weighted by atomic mass is 9.90. The first-order valence-corrected chi connectivity index (χ1v) is 8.60. The molecule has 1 amide bonds. The third-order valence-electron chi connectivity index (χ3n) is 4.33. The first-order chi connectivity index (χ1) is 11.8. The van der Waals surface area contributed by atoms with Crippen molar-refractivity contribution in [3.63, 3.8) is 0 Å². The molecule has 0 radical (unpaired) electrons. The van der Waals surface area contributed by atoms with Gasteiger partial charge in [-0.05, 0) is 55.4 Å². The summed E-state index contributed by atoms with van der Waals surface area (Å²) in [6.07, 6.45) is -1.02. The zero-order valence-corrected chi connectivity index (χ0v) is 14.4. The molecule has 2 rings (SSSR count). The Morgan fingerprint density at radius 3 is 2.48 bits per heavy atom. The minimum atomic E-state index is -4.41. The number of alkyl halides is 3. The van der Waals surface area contributed by atoms with E-state index in [-0.39, 0.29) is 5.56 Å². The molecule has 140 valence electrons. The van der Waals surface area contributed by atoms with Crippen LogP contribution in [0.25, 0.3) is 0 Å². The van der Waals surface area contributed by atoms with Crippen molar-refractivity contribution in [1.29, 1.82) is 0 Å². The van der Waals surface area contributed by atoms with Crippen LogP contribution in [0.3, 0.4) is 0 Å². The molecule has 1 fully saturated rings. The van der Waals surface area contributed by atoms with E-state index in [0.29, 0.717) is 11.8 Å². The number of hydrogen-bond acceptors (Lipinski definition) is 3. The molecule has 1 saturated heterocycles. The second-order valence-corrected chi connectivity index (χ2v) is 6.65. The van der Waals surface area contributed by atoms with Gasteiger partial charge in [0, 0.05) is 31.0 Å². The first kappa shape index (κ1) is 19.6. The number of hydrogen-bond donors (Lipinski definition) is 2. The standard InChI is InChI=1S/C18H25F3N2O2/c1-13(10-14-6-8-25-9-7-14)11-22-16-4-2-15(3-5-16)17(24)23-12-18(19,20)21/h2-5,13-14,22H,6-12H2,1H3,(H,23,24). The van der Waals surface area contributed by atoms with Gasteiger partial charge in [-0.2, -0.15) is 13.2 Å². The Balaban J connectivity index is 1.74. The monoisotopic (exact) mass is 358 g/mol. The molecule has 7 heteroatoms. The largest absolute Gasteiger partial charge is 0.405 e. The zero-order valence-electron chi connectivity index (χ0n) is 14.4. The van der Waals surface area contributed by atoms with Crippen molar-refractivity contribution < 1.29 is 22.7 Å². The number of nitrogens with one attached hydrogen (secondary N) is 2. The second-order valence-electron chi connectivity index (χ2n) is 6.65. The summed E-state index contributed by atoms with van der Waals surface area (Å²) in [5.41, 5.74) is 1.07. The second kappa shape index (κ2) is 9.08. The van der Waals surface area contributed by atoms with Gasteiger partial charge in [-0.1, -0.05) is 6.92 Å². The van der Waals surface area contributed by atoms with E-state index in [0.717, 1.165) is 44.7 Å². The van der Waals surface area contributed by atoms with Crippen molar-refractivity contribution in [3.8, 4) is 0 Å². The Hall–Kier alpha value is -1.76. The highest BCUT2D eigenvalue weighted by molar-refractivity contribution is 5.94. The molecule has 25 heavy (non-hydrogen) atoms. The number of carbonyl (C=O) groups excluding carboxylic acids is 1. The van der Waals surface area contributed by atoms with Crippen LogP contribution >= 0.6 is 0 Å². The summed E-state index contributed by atoms with van der Waals surface area (Å²) < 4.78 is 41.7. The van der Waals surface area contributed by atoms with Gasteiger partial charge in [0.15, 0.2) is 0 Å². The molecular formula is C18H25F3N2O2. The average molecular weight is 358 g/mol. The topological polar surface area (TPSA) is 50.4 Å². The van der Waals surface area contributed by atoms with Crippen molar-refractivity contribution in [2.24, 2.45) is 11.8 Å². The fourth-order valence-corrected chi connectivity index (χ4v) is 2.95. The summed E-state index contributed by atoms with van der Waals surface area (Å²) in [7, 11) is 0. The van der Waals surface area contributed by atoms with E-state index in [2.05, 4.69) is 12.2 Å². The van der Waals surface area contributed by atoms with E-state index >= 15 is 0 Å². The number of halogens is 3. The normalized spacial score (nSPS) is 17.1. The highest BCUT2D eigenvalue weighted by Gasteiger charge is 2.27. The van der Waals surface area contributed by atoms with E-state index < -0.39 is 18.6 Å². The molecule has 0 aliphatic carbocycles.